The van der Waals surface area contributed by atoms with E-state index in [4.69, 9.17) is 37.3 Å². The Balaban J connectivity index is 0.000000412. The topological polar surface area (TPSA) is 194 Å². The number of fused-ring (bicyclic) bond motifs is 1. The van der Waals surface area contributed by atoms with Gasteiger partial charge in [0.05, 0.1) is 29.8 Å². The van der Waals surface area contributed by atoms with Crippen LogP contribution in [-0.4, -0.2) is 23.4 Å². The third-order valence-corrected chi connectivity index (χ3v) is 4.96. The number of benzene rings is 3. The second-order valence-corrected chi connectivity index (χ2v) is 9.42. The Kier molecular flexibility index (Phi) is 11.0. The summed E-state index contributed by atoms with van der Waals surface area (Å²) < 4.78 is 65.4. The third kappa shape index (κ3) is 12.2. The fraction of sp³-hybridized carbons (Fsp3) is 0.120. The Labute approximate surface area is 218 Å². The zero-order chi connectivity index (χ0) is 27.6. The molecule has 0 aliphatic carbocycles. The van der Waals surface area contributed by atoms with Gasteiger partial charge in [-0.2, -0.15) is 28.0 Å². The predicted octanol–water partition coefficient (Wildman–Crippen LogP) is -2.34. The Hall–Kier alpha value is -3.00. The summed E-state index contributed by atoms with van der Waals surface area (Å²) in [6, 6.07) is 27.9. The number of halogens is 2. The van der Waals surface area contributed by atoms with E-state index < -0.39 is 20.5 Å². The molecule has 1 heterocycles. The summed E-state index contributed by atoms with van der Waals surface area (Å²) >= 11 is 0. The van der Waals surface area contributed by atoms with Crippen molar-refractivity contribution in [2.45, 2.75) is 5.92 Å². The monoisotopic (exact) mass is 552 g/mol. The summed E-state index contributed by atoms with van der Waals surface area (Å²) in [6.07, 6.45) is 6.65. The zero-order valence-electron chi connectivity index (χ0n) is 19.9. The van der Waals surface area contributed by atoms with E-state index in [-0.39, 0.29) is 5.92 Å². The van der Waals surface area contributed by atoms with Crippen molar-refractivity contribution in [1.82, 2.24) is 0 Å². The molecule has 0 fully saturated rings. The Morgan fingerprint density at radius 3 is 1.73 bits per heavy atom. The van der Waals surface area contributed by atoms with Crippen molar-refractivity contribution in [1.29, 1.82) is 0 Å². The fourth-order valence-electron chi connectivity index (χ4n) is 3.43. The smallest absolute Gasteiger partial charge is 0.0777 e. The van der Waals surface area contributed by atoms with Crippen molar-refractivity contribution in [3.8, 4) is 0 Å². The summed E-state index contributed by atoms with van der Waals surface area (Å²) in [5.74, 6) is 0.194. The minimum absolute atomic E-state index is 0.194. The molecule has 0 saturated carbocycles. The van der Waals surface area contributed by atoms with Gasteiger partial charge in [0.15, 0.2) is 0 Å². The van der Waals surface area contributed by atoms with Gasteiger partial charge in [-0.25, -0.2) is 0 Å². The summed E-state index contributed by atoms with van der Waals surface area (Å²) in [5, 5.41) is 3.56. The third-order valence-electron chi connectivity index (χ3n) is 4.96. The van der Waals surface area contributed by atoms with Gasteiger partial charge >= 0.3 is 0 Å². The molecule has 3 aromatic carbocycles. The first-order chi connectivity index (χ1) is 17.2. The molecule has 4 rings (SSSR count). The molecule has 0 aromatic heterocycles. The standard InChI is InChI=1S/C25H24N2.2ClHO4/c1-27(2)23-16-13-20(14-17-23)24(19-8-4-3-5-9-19)18-22-15-12-21-10-6-7-11-25(21)26-22;2*2-1(3,4)5/h3-18,24,26H,1-2H3;2*(H,2,3,4,5)/b22-18+;;. The van der Waals surface area contributed by atoms with Crippen LogP contribution in [-0.2, 0) is 0 Å². The van der Waals surface area contributed by atoms with Crippen molar-refractivity contribution in [2.75, 3.05) is 24.3 Å². The highest BCUT2D eigenvalue weighted by molar-refractivity contribution is 5.74. The molecular weight excluding hydrogens is 527 g/mol. The SMILES string of the molecule is CN(C)c1ccc(C(/C=C2\C=Cc3ccccc3N2)c2ccccc2)cc1.[O-][Cl+3]([O-])([O-])O.[O-][Cl+3]([O-])([O-])O. The zero-order valence-corrected chi connectivity index (χ0v) is 21.4. The maximum Gasteiger partial charge on any atom is 0.0777 e. The molecule has 0 amide bonds. The molecule has 3 N–H and O–H groups in total. The summed E-state index contributed by atoms with van der Waals surface area (Å²) in [5.41, 5.74) is 7.29. The van der Waals surface area contributed by atoms with Gasteiger partial charge in [-0.15, -0.1) is 0 Å². The molecule has 1 aliphatic heterocycles. The van der Waals surface area contributed by atoms with E-state index in [1.165, 1.54) is 22.4 Å². The normalized spacial score (nSPS) is 14.3. The van der Waals surface area contributed by atoms with E-state index in [0.717, 1.165) is 11.4 Å². The first-order valence-corrected chi connectivity index (χ1v) is 13.1. The predicted molar refractivity (Wildman–Crippen MR) is 121 cm³/mol. The minimum atomic E-state index is -4.69. The summed E-state index contributed by atoms with van der Waals surface area (Å²) in [7, 11) is -5.25. The lowest BCUT2D eigenvalue weighted by Crippen LogP contribution is -2.58. The molecule has 10 nitrogen and oxygen atoms in total. The van der Waals surface area contributed by atoms with Gasteiger partial charge in [-0.05, 0) is 47.0 Å². The Morgan fingerprint density at radius 2 is 1.19 bits per heavy atom. The molecule has 0 radical (unpaired) electrons. The molecule has 1 atom stereocenters. The van der Waals surface area contributed by atoms with Gasteiger partial charge in [-0.1, -0.05) is 66.7 Å². The van der Waals surface area contributed by atoms with Crippen LogP contribution in [0.5, 0.6) is 0 Å². The molecule has 37 heavy (non-hydrogen) atoms. The van der Waals surface area contributed by atoms with Crippen molar-refractivity contribution in [2.24, 2.45) is 0 Å². The van der Waals surface area contributed by atoms with Crippen LogP contribution in [0, 0.1) is 20.5 Å². The Morgan fingerprint density at radius 1 is 0.703 bits per heavy atom. The number of hydrogen-bond donors (Lipinski definition) is 3. The second-order valence-electron chi connectivity index (χ2n) is 7.83. The van der Waals surface area contributed by atoms with E-state index in [0.29, 0.717) is 0 Å². The molecule has 3 aromatic rings. The van der Waals surface area contributed by atoms with Crippen LogP contribution in [0.15, 0.2) is 96.7 Å². The van der Waals surface area contributed by atoms with Crippen molar-refractivity contribution in [3.63, 3.8) is 0 Å². The molecule has 198 valence electrons. The quantitative estimate of drug-likeness (QED) is 0.315. The minimum Gasteiger partial charge on any atom is -0.378 e. The van der Waals surface area contributed by atoms with Gasteiger partial charge < -0.3 is 10.2 Å². The lowest BCUT2D eigenvalue weighted by Gasteiger charge is -2.20. The first kappa shape index (κ1) is 30.2. The fourth-order valence-corrected chi connectivity index (χ4v) is 3.43. The van der Waals surface area contributed by atoms with Gasteiger partial charge in [0, 0.05) is 37.1 Å². The largest absolute Gasteiger partial charge is 0.378 e. The van der Waals surface area contributed by atoms with Crippen molar-refractivity contribution >= 4 is 17.5 Å². The number of anilines is 2. The van der Waals surface area contributed by atoms with Crippen LogP contribution in [0.1, 0.15) is 22.6 Å². The van der Waals surface area contributed by atoms with Gasteiger partial charge in [-0.3, -0.25) is 0 Å². The molecule has 0 saturated heterocycles. The molecule has 0 spiro atoms. The lowest BCUT2D eigenvalue weighted by atomic mass is 9.89. The van der Waals surface area contributed by atoms with E-state index in [9.17, 15) is 0 Å². The van der Waals surface area contributed by atoms with Crippen LogP contribution in [0.2, 0.25) is 0 Å². The van der Waals surface area contributed by atoms with Crippen LogP contribution >= 0.6 is 0 Å². The molecule has 1 aliphatic rings. The number of rotatable bonds is 4. The first-order valence-electron chi connectivity index (χ1n) is 10.6. The van der Waals surface area contributed by atoms with Gasteiger partial charge in [0.1, 0.15) is 0 Å². The van der Waals surface area contributed by atoms with Crippen LogP contribution in [0.4, 0.5) is 11.4 Å². The lowest BCUT2D eigenvalue weighted by molar-refractivity contribution is -1.92. The van der Waals surface area contributed by atoms with Crippen LogP contribution < -0.4 is 38.2 Å². The average molecular weight is 553 g/mol. The van der Waals surface area contributed by atoms with Gasteiger partial charge in [0.25, 0.3) is 0 Å². The number of para-hydroxylation sites is 1. The van der Waals surface area contributed by atoms with Crippen LogP contribution in [0.25, 0.3) is 6.08 Å². The molecule has 1 unspecified atom stereocenters. The number of nitrogens with zero attached hydrogens (tertiary/aromatic N) is 1. The molecule has 12 heteroatoms. The summed E-state index contributed by atoms with van der Waals surface area (Å²) in [6.45, 7) is 0. The second kappa shape index (κ2) is 13.5. The number of nitrogens with one attached hydrogen (secondary N) is 1. The van der Waals surface area contributed by atoms with E-state index in [1.807, 2.05) is 0 Å². The van der Waals surface area contributed by atoms with E-state index >= 15 is 0 Å². The van der Waals surface area contributed by atoms with Crippen molar-refractivity contribution < 1.29 is 57.8 Å². The van der Waals surface area contributed by atoms with Gasteiger partial charge in [0.2, 0.25) is 0 Å². The maximum absolute atomic E-state index is 8.60. The highest BCUT2D eigenvalue weighted by atomic mass is 35.7. The highest BCUT2D eigenvalue weighted by Gasteiger charge is 2.14. The van der Waals surface area contributed by atoms with Crippen LogP contribution in [0.3, 0.4) is 0 Å². The Bertz CT molecular complexity index is 1150. The summed E-state index contributed by atoms with van der Waals surface area (Å²) in [4.78, 5) is 2.13. The number of allylic oxidation sites excluding steroid dienone is 2. The van der Waals surface area contributed by atoms with E-state index in [2.05, 4.69) is 121 Å². The maximum atomic E-state index is 8.60. The molecule has 0 bridgehead atoms. The molecular formula is C25H26Cl2N2O8. The number of hydrogen-bond acceptors (Lipinski definition) is 10. The van der Waals surface area contributed by atoms with Crippen molar-refractivity contribution in [3.05, 3.63) is 113 Å². The highest BCUT2D eigenvalue weighted by Crippen LogP contribution is 2.31. The average Bonchev–Trinajstić information content (AvgIpc) is 2.81. The van der Waals surface area contributed by atoms with E-state index in [1.54, 1.807) is 0 Å².